The quantitative estimate of drug-likeness (QED) is 0.592. The van der Waals surface area contributed by atoms with E-state index in [9.17, 15) is 8.42 Å². The van der Waals surface area contributed by atoms with Gasteiger partial charge in [0.05, 0.1) is 5.41 Å². The van der Waals surface area contributed by atoms with Gasteiger partial charge in [-0.3, -0.25) is 5.10 Å². The number of aromatic amines is 1. The molecule has 2 aliphatic rings. The summed E-state index contributed by atoms with van der Waals surface area (Å²) in [7, 11) is -3.74. The molecule has 5 rings (SSSR count). The van der Waals surface area contributed by atoms with Crippen molar-refractivity contribution in [1.82, 2.24) is 19.5 Å². The third kappa shape index (κ3) is 3.77. The molecule has 3 aromatic rings. The number of nitrogens with zero attached hydrogens (tertiary/aromatic N) is 3. The summed E-state index contributed by atoms with van der Waals surface area (Å²) in [6.07, 6.45) is 2.42. The lowest BCUT2D eigenvalue weighted by atomic mass is 9.93. The Bertz CT molecular complexity index is 1290. The summed E-state index contributed by atoms with van der Waals surface area (Å²) in [4.78, 5) is 4.33. The molecule has 1 saturated heterocycles. The Balaban J connectivity index is 1.46. The van der Waals surface area contributed by atoms with Crippen LogP contribution in [0.25, 0.3) is 0 Å². The minimum atomic E-state index is -3.74. The van der Waals surface area contributed by atoms with E-state index in [2.05, 4.69) is 15.2 Å². The van der Waals surface area contributed by atoms with Crippen LogP contribution in [-0.2, 0) is 22.0 Å². The van der Waals surface area contributed by atoms with Crippen LogP contribution in [-0.4, -0.2) is 33.9 Å². The van der Waals surface area contributed by atoms with Crippen LogP contribution in [0.4, 0.5) is 8.78 Å². The van der Waals surface area contributed by atoms with Crippen LogP contribution in [0.1, 0.15) is 66.2 Å². The number of hydrogen-bond acceptors (Lipinski definition) is 4. The van der Waals surface area contributed by atoms with Gasteiger partial charge >= 0.3 is 0 Å². The fourth-order valence-corrected chi connectivity index (χ4v) is 7.08. The molecule has 2 fully saturated rings. The standard InChI is InChI=1S/C24H26F2N4O2S/c1-15-8-9-22(17-6-4-3-5-7-17)33(31,32)30(15)14-18-12-21(26)19(13-20(18)25)24(10-11-24)23-27-16(2)28-29-23/h3-7,12-13,15,22H,8-11,14H2,1-2H3,(H,27,28,29)/t15-,22+/m0/s1. The normalized spacial score (nSPS) is 24.0. The van der Waals surface area contributed by atoms with E-state index in [1.807, 2.05) is 25.1 Å². The van der Waals surface area contributed by atoms with E-state index in [0.717, 1.165) is 6.07 Å². The summed E-state index contributed by atoms with van der Waals surface area (Å²) in [5.74, 6) is -0.0998. The SMILES string of the molecule is Cc1nc(C2(c3cc(F)c(CN4[C@@H](C)CC[C@H](c5ccccc5)S4(=O)=O)cc3F)CC2)n[nH]1. The minimum Gasteiger partial charge on any atom is -0.263 e. The van der Waals surface area contributed by atoms with Gasteiger partial charge < -0.3 is 0 Å². The molecule has 33 heavy (non-hydrogen) atoms. The molecule has 0 bridgehead atoms. The van der Waals surface area contributed by atoms with Crippen LogP contribution in [0, 0.1) is 18.6 Å². The van der Waals surface area contributed by atoms with Crippen LogP contribution in [0.5, 0.6) is 0 Å². The van der Waals surface area contributed by atoms with Gasteiger partial charge in [0.2, 0.25) is 10.0 Å². The smallest absolute Gasteiger partial charge is 0.221 e. The summed E-state index contributed by atoms with van der Waals surface area (Å²) in [6, 6.07) is 11.1. The molecule has 0 amide bonds. The summed E-state index contributed by atoms with van der Waals surface area (Å²) in [6.45, 7) is 3.37. The van der Waals surface area contributed by atoms with Crippen molar-refractivity contribution >= 4 is 10.0 Å². The monoisotopic (exact) mass is 472 g/mol. The molecule has 174 valence electrons. The van der Waals surface area contributed by atoms with Crippen LogP contribution in [0.15, 0.2) is 42.5 Å². The van der Waals surface area contributed by atoms with E-state index in [0.29, 0.717) is 42.9 Å². The molecule has 0 radical (unpaired) electrons. The average Bonchev–Trinajstić information content (AvgIpc) is 3.47. The van der Waals surface area contributed by atoms with Gasteiger partial charge in [-0.05, 0) is 57.2 Å². The third-order valence-electron chi connectivity index (χ3n) is 6.95. The second kappa shape index (κ2) is 7.99. The fraction of sp³-hybridized carbons (Fsp3) is 0.417. The Labute approximate surface area is 192 Å². The lowest BCUT2D eigenvalue weighted by molar-refractivity contribution is 0.278. The Hall–Kier alpha value is -2.65. The maximum Gasteiger partial charge on any atom is 0.221 e. The zero-order chi connectivity index (χ0) is 23.4. The van der Waals surface area contributed by atoms with Crippen molar-refractivity contribution in [3.63, 3.8) is 0 Å². The lowest BCUT2D eigenvalue weighted by Crippen LogP contribution is -2.44. The van der Waals surface area contributed by atoms with E-state index in [4.69, 9.17) is 0 Å². The molecule has 1 aliphatic carbocycles. The largest absolute Gasteiger partial charge is 0.263 e. The fourth-order valence-electron chi connectivity index (χ4n) is 4.89. The first-order valence-corrected chi connectivity index (χ1v) is 12.7. The highest BCUT2D eigenvalue weighted by Gasteiger charge is 2.51. The summed E-state index contributed by atoms with van der Waals surface area (Å²) in [5, 5.41) is 6.24. The van der Waals surface area contributed by atoms with Crippen molar-refractivity contribution in [2.45, 2.75) is 62.8 Å². The molecule has 2 atom stereocenters. The first kappa shape index (κ1) is 22.2. The van der Waals surface area contributed by atoms with Crippen LogP contribution < -0.4 is 0 Å². The molecule has 0 spiro atoms. The summed E-state index contributed by atoms with van der Waals surface area (Å²) < 4.78 is 58.7. The van der Waals surface area contributed by atoms with E-state index >= 15 is 8.78 Å². The second-order valence-electron chi connectivity index (χ2n) is 9.17. The molecule has 2 heterocycles. The van der Waals surface area contributed by atoms with Crippen LogP contribution >= 0.6 is 0 Å². The molecule has 1 N–H and O–H groups in total. The summed E-state index contributed by atoms with van der Waals surface area (Å²) in [5.41, 5.74) is 0.243. The number of halogens is 2. The van der Waals surface area contributed by atoms with Crippen molar-refractivity contribution in [3.05, 3.63) is 82.4 Å². The van der Waals surface area contributed by atoms with E-state index in [1.54, 1.807) is 19.1 Å². The van der Waals surface area contributed by atoms with Crippen molar-refractivity contribution in [2.75, 3.05) is 0 Å². The van der Waals surface area contributed by atoms with Crippen LogP contribution in [0.3, 0.4) is 0 Å². The zero-order valence-electron chi connectivity index (χ0n) is 18.6. The van der Waals surface area contributed by atoms with Gasteiger partial charge in [0.25, 0.3) is 0 Å². The van der Waals surface area contributed by atoms with Gasteiger partial charge in [-0.15, -0.1) is 0 Å². The van der Waals surface area contributed by atoms with E-state index in [1.165, 1.54) is 10.4 Å². The lowest BCUT2D eigenvalue weighted by Gasteiger charge is -2.37. The average molecular weight is 473 g/mol. The maximum atomic E-state index is 15.2. The van der Waals surface area contributed by atoms with Gasteiger partial charge in [-0.1, -0.05) is 30.3 Å². The minimum absolute atomic E-state index is 0.0300. The molecule has 2 aromatic carbocycles. The number of aromatic nitrogens is 3. The number of hydrogen-bond donors (Lipinski definition) is 1. The van der Waals surface area contributed by atoms with Gasteiger partial charge in [-0.2, -0.15) is 9.40 Å². The second-order valence-corrected chi connectivity index (χ2v) is 11.2. The highest BCUT2D eigenvalue weighted by molar-refractivity contribution is 7.89. The van der Waals surface area contributed by atoms with Gasteiger partial charge in [-0.25, -0.2) is 22.2 Å². The van der Waals surface area contributed by atoms with Crippen molar-refractivity contribution in [2.24, 2.45) is 0 Å². The Kier molecular flexibility index (Phi) is 5.36. The molecule has 1 aliphatic heterocycles. The van der Waals surface area contributed by atoms with Crippen molar-refractivity contribution in [1.29, 1.82) is 0 Å². The van der Waals surface area contributed by atoms with Gasteiger partial charge in [0.15, 0.2) is 5.82 Å². The molecular weight excluding hydrogens is 446 g/mol. The summed E-state index contributed by atoms with van der Waals surface area (Å²) >= 11 is 0. The zero-order valence-corrected chi connectivity index (χ0v) is 19.4. The number of nitrogens with one attached hydrogen (secondary N) is 1. The molecule has 0 unspecified atom stereocenters. The molecule has 6 nitrogen and oxygen atoms in total. The van der Waals surface area contributed by atoms with E-state index < -0.39 is 32.3 Å². The maximum absolute atomic E-state index is 15.2. The third-order valence-corrected chi connectivity index (χ3v) is 9.32. The predicted molar refractivity (Wildman–Crippen MR) is 120 cm³/mol. The Morgan fingerprint density at radius 3 is 2.48 bits per heavy atom. The highest BCUT2D eigenvalue weighted by atomic mass is 32.2. The first-order valence-electron chi connectivity index (χ1n) is 11.2. The molecular formula is C24H26F2N4O2S. The van der Waals surface area contributed by atoms with Crippen molar-refractivity contribution < 1.29 is 17.2 Å². The van der Waals surface area contributed by atoms with E-state index in [-0.39, 0.29) is 23.7 Å². The number of H-pyrrole nitrogens is 1. The predicted octanol–water partition coefficient (Wildman–Crippen LogP) is 4.53. The molecule has 9 heteroatoms. The number of rotatable bonds is 5. The number of sulfonamides is 1. The topological polar surface area (TPSA) is 79.0 Å². The highest BCUT2D eigenvalue weighted by Crippen LogP contribution is 2.53. The van der Waals surface area contributed by atoms with Crippen molar-refractivity contribution in [3.8, 4) is 0 Å². The number of benzene rings is 2. The Morgan fingerprint density at radius 1 is 1.12 bits per heavy atom. The molecule has 1 aromatic heterocycles. The molecule has 1 saturated carbocycles. The first-order chi connectivity index (χ1) is 15.7. The van der Waals surface area contributed by atoms with Gasteiger partial charge in [0, 0.05) is 23.7 Å². The van der Waals surface area contributed by atoms with Gasteiger partial charge in [0.1, 0.15) is 22.7 Å². The Morgan fingerprint density at radius 2 is 1.85 bits per heavy atom. The van der Waals surface area contributed by atoms with Crippen LogP contribution in [0.2, 0.25) is 0 Å². The number of aryl methyl sites for hydroxylation is 1.